The first-order valence-corrected chi connectivity index (χ1v) is 12.0. The fraction of sp³-hybridized carbons (Fsp3) is 0.654. The second kappa shape index (κ2) is 6.87. The van der Waals surface area contributed by atoms with Crippen LogP contribution in [0.2, 0.25) is 5.02 Å². The molecule has 0 spiro atoms. The van der Waals surface area contributed by atoms with Crippen LogP contribution >= 0.6 is 11.6 Å². The molecule has 1 aromatic rings. The summed E-state index contributed by atoms with van der Waals surface area (Å²) in [5.74, 6) is 2.67. The van der Waals surface area contributed by atoms with Crippen molar-refractivity contribution < 1.29 is 4.79 Å². The molecule has 4 aliphatic rings. The van der Waals surface area contributed by atoms with Gasteiger partial charge in [-0.1, -0.05) is 43.2 Å². The standard InChI is InChI=1S/C26H34ClNO/c1-16(17-4-6-18(27)7-5-17)20-9-10-21-19-8-11-23-26(3,15-13-24(29)28-23)22(19)12-14-25(20,21)2/h4-7,19,21-23H,8-15H2,1-3H3,(H,28,29)/b20-16+/t19-,21-,22-,23+,25+,26+/m0/s1. The van der Waals surface area contributed by atoms with Crippen molar-refractivity contribution in [3.8, 4) is 0 Å². The average molecular weight is 412 g/mol. The molecule has 0 bridgehead atoms. The number of rotatable bonds is 1. The van der Waals surface area contributed by atoms with E-state index in [0.717, 1.165) is 35.6 Å². The number of allylic oxidation sites excluding steroid dienone is 2. The Labute approximate surface area is 180 Å². The highest BCUT2D eigenvalue weighted by atomic mass is 35.5. The first-order valence-electron chi connectivity index (χ1n) is 11.6. The SMILES string of the molecule is C/C(=C1/CC[C@H]2[C@@H]3CC[C@H]4NC(=O)CC[C@]4(C)[C@H]3CC[C@]12C)c1ccc(Cl)cc1. The largest absolute Gasteiger partial charge is 0.353 e. The molecule has 0 aromatic heterocycles. The van der Waals surface area contributed by atoms with Gasteiger partial charge in [-0.25, -0.2) is 0 Å². The Hall–Kier alpha value is -1.28. The molecule has 1 amide bonds. The Kier molecular flexibility index (Phi) is 4.66. The molecule has 0 unspecified atom stereocenters. The third-order valence-corrected chi connectivity index (χ3v) is 9.86. The Bertz CT molecular complexity index is 858. The summed E-state index contributed by atoms with van der Waals surface area (Å²) in [6.45, 7) is 7.38. The summed E-state index contributed by atoms with van der Waals surface area (Å²) in [6.07, 6.45) is 9.47. The molecule has 1 N–H and O–H groups in total. The smallest absolute Gasteiger partial charge is 0.220 e. The summed E-state index contributed by atoms with van der Waals surface area (Å²) in [6, 6.07) is 8.81. The molecule has 2 nitrogen and oxygen atoms in total. The third kappa shape index (κ3) is 2.92. The van der Waals surface area contributed by atoms with Gasteiger partial charge >= 0.3 is 0 Å². The van der Waals surface area contributed by atoms with Crippen molar-refractivity contribution in [2.75, 3.05) is 0 Å². The Morgan fingerprint density at radius 1 is 1.00 bits per heavy atom. The Balaban J connectivity index is 1.46. The first-order chi connectivity index (χ1) is 13.8. The molecule has 1 aliphatic heterocycles. The molecule has 156 valence electrons. The molecule has 1 saturated heterocycles. The predicted molar refractivity (Wildman–Crippen MR) is 120 cm³/mol. The van der Waals surface area contributed by atoms with Crippen LogP contribution in [0.15, 0.2) is 29.8 Å². The normalized spacial score (nSPS) is 43.1. The summed E-state index contributed by atoms with van der Waals surface area (Å²) >= 11 is 6.13. The van der Waals surface area contributed by atoms with Crippen molar-refractivity contribution in [1.29, 1.82) is 0 Å². The average Bonchev–Trinajstić information content (AvgIpc) is 3.06. The van der Waals surface area contributed by atoms with Crippen LogP contribution in [0.5, 0.6) is 0 Å². The highest BCUT2D eigenvalue weighted by molar-refractivity contribution is 6.30. The fourth-order valence-electron chi connectivity index (χ4n) is 8.00. The van der Waals surface area contributed by atoms with Gasteiger partial charge in [0.1, 0.15) is 0 Å². The quantitative estimate of drug-likeness (QED) is 0.551. The molecule has 0 radical (unpaired) electrons. The number of piperidine rings is 1. The van der Waals surface area contributed by atoms with Crippen LogP contribution in [0.3, 0.4) is 0 Å². The van der Waals surface area contributed by atoms with Gasteiger partial charge in [0, 0.05) is 17.5 Å². The van der Waals surface area contributed by atoms with E-state index in [0.29, 0.717) is 16.9 Å². The zero-order valence-electron chi connectivity index (χ0n) is 18.1. The zero-order chi connectivity index (χ0) is 20.4. The monoisotopic (exact) mass is 411 g/mol. The van der Waals surface area contributed by atoms with Crippen molar-refractivity contribution >= 4 is 23.1 Å². The zero-order valence-corrected chi connectivity index (χ0v) is 18.8. The van der Waals surface area contributed by atoms with Crippen LogP contribution in [0, 0.1) is 28.6 Å². The molecule has 1 aromatic carbocycles. The molecule has 5 rings (SSSR count). The van der Waals surface area contributed by atoms with Crippen molar-refractivity contribution in [3.63, 3.8) is 0 Å². The molecular formula is C26H34ClNO. The van der Waals surface area contributed by atoms with E-state index in [1.54, 1.807) is 5.57 Å². The van der Waals surface area contributed by atoms with Gasteiger partial charge in [-0.3, -0.25) is 4.79 Å². The number of fused-ring (bicyclic) bond motifs is 5. The molecule has 29 heavy (non-hydrogen) atoms. The van der Waals surface area contributed by atoms with E-state index >= 15 is 0 Å². The third-order valence-electron chi connectivity index (χ3n) is 9.61. The number of benzene rings is 1. The Morgan fingerprint density at radius 2 is 1.76 bits per heavy atom. The maximum Gasteiger partial charge on any atom is 0.220 e. The van der Waals surface area contributed by atoms with E-state index in [-0.39, 0.29) is 5.91 Å². The van der Waals surface area contributed by atoms with Gasteiger partial charge in [0.05, 0.1) is 0 Å². The van der Waals surface area contributed by atoms with Crippen molar-refractivity contribution in [2.24, 2.45) is 28.6 Å². The van der Waals surface area contributed by atoms with Crippen molar-refractivity contribution in [2.45, 2.75) is 78.2 Å². The van der Waals surface area contributed by atoms with Crippen LogP contribution < -0.4 is 5.32 Å². The number of carbonyl (C=O) groups is 1. The van der Waals surface area contributed by atoms with Gasteiger partial charge in [0.25, 0.3) is 0 Å². The van der Waals surface area contributed by atoms with Gasteiger partial charge in [-0.05, 0) is 104 Å². The lowest BCUT2D eigenvalue weighted by molar-refractivity contribution is -0.134. The van der Waals surface area contributed by atoms with Crippen molar-refractivity contribution in [3.05, 3.63) is 40.4 Å². The minimum absolute atomic E-state index is 0.274. The van der Waals surface area contributed by atoms with Crippen LogP contribution in [0.1, 0.15) is 77.7 Å². The maximum atomic E-state index is 12.0. The number of nitrogens with one attached hydrogen (secondary N) is 1. The summed E-state index contributed by atoms with van der Waals surface area (Å²) in [5, 5.41) is 4.17. The van der Waals surface area contributed by atoms with Crippen LogP contribution in [0.25, 0.3) is 5.57 Å². The van der Waals surface area contributed by atoms with Crippen LogP contribution in [-0.4, -0.2) is 11.9 Å². The van der Waals surface area contributed by atoms with E-state index in [2.05, 4.69) is 38.2 Å². The van der Waals surface area contributed by atoms with E-state index in [1.165, 1.54) is 49.7 Å². The minimum Gasteiger partial charge on any atom is -0.353 e. The topological polar surface area (TPSA) is 29.1 Å². The summed E-state index contributed by atoms with van der Waals surface area (Å²) < 4.78 is 0. The van der Waals surface area contributed by atoms with Gasteiger partial charge < -0.3 is 5.32 Å². The van der Waals surface area contributed by atoms with Gasteiger partial charge in [-0.2, -0.15) is 0 Å². The second-order valence-corrected chi connectivity index (χ2v) is 11.1. The Morgan fingerprint density at radius 3 is 2.52 bits per heavy atom. The van der Waals surface area contributed by atoms with Crippen molar-refractivity contribution in [1.82, 2.24) is 5.32 Å². The summed E-state index contributed by atoms with van der Waals surface area (Å²) in [7, 11) is 0. The second-order valence-electron chi connectivity index (χ2n) is 10.7. The van der Waals surface area contributed by atoms with E-state index in [1.807, 2.05) is 12.1 Å². The molecule has 3 heteroatoms. The summed E-state index contributed by atoms with van der Waals surface area (Å²) in [5.41, 5.74) is 5.16. The number of hydrogen-bond acceptors (Lipinski definition) is 1. The fourth-order valence-corrected chi connectivity index (χ4v) is 8.13. The lowest BCUT2D eigenvalue weighted by Crippen LogP contribution is -2.60. The van der Waals surface area contributed by atoms with E-state index in [4.69, 9.17) is 11.6 Å². The van der Waals surface area contributed by atoms with Crippen LogP contribution in [0.4, 0.5) is 0 Å². The molecule has 4 fully saturated rings. The molecule has 3 aliphatic carbocycles. The van der Waals surface area contributed by atoms with Gasteiger partial charge in [0.15, 0.2) is 0 Å². The number of carbonyl (C=O) groups excluding carboxylic acids is 1. The highest BCUT2D eigenvalue weighted by Gasteiger charge is 2.59. The van der Waals surface area contributed by atoms with Gasteiger partial charge in [-0.15, -0.1) is 0 Å². The maximum absolute atomic E-state index is 12.0. The molecule has 3 saturated carbocycles. The van der Waals surface area contributed by atoms with E-state index in [9.17, 15) is 4.79 Å². The first kappa shape index (κ1) is 19.7. The molecule has 6 atom stereocenters. The van der Waals surface area contributed by atoms with E-state index < -0.39 is 0 Å². The lowest BCUT2D eigenvalue weighted by atomic mass is 9.47. The molecular weight excluding hydrogens is 378 g/mol. The lowest BCUT2D eigenvalue weighted by Gasteiger charge is -2.59. The summed E-state index contributed by atoms with van der Waals surface area (Å²) in [4.78, 5) is 12.0. The van der Waals surface area contributed by atoms with Gasteiger partial charge in [0.2, 0.25) is 5.91 Å². The number of halogens is 1. The minimum atomic E-state index is 0.274. The molecule has 1 heterocycles. The predicted octanol–water partition coefficient (Wildman–Crippen LogP) is 6.63. The number of hydrogen-bond donors (Lipinski definition) is 1. The number of amides is 1. The highest BCUT2D eigenvalue weighted by Crippen LogP contribution is 2.66. The van der Waals surface area contributed by atoms with Crippen LogP contribution in [-0.2, 0) is 4.79 Å².